The van der Waals surface area contributed by atoms with Crippen molar-refractivity contribution in [3.63, 3.8) is 0 Å². The Morgan fingerprint density at radius 2 is 1.33 bits per heavy atom. The monoisotopic (exact) mass is 610 g/mol. The normalized spacial score (nSPS) is 33.0. The summed E-state index contributed by atoms with van der Waals surface area (Å²) in [7, 11) is 0. The van der Waals surface area contributed by atoms with E-state index in [4.69, 9.17) is 23.4 Å². The van der Waals surface area contributed by atoms with Crippen LogP contribution in [-0.4, -0.2) is 126 Å². The number of phenols is 3. The molecule has 0 amide bonds. The summed E-state index contributed by atoms with van der Waals surface area (Å²) < 4.78 is 27.4. The van der Waals surface area contributed by atoms with Gasteiger partial charge in [0.2, 0.25) is 12.0 Å². The first kappa shape index (κ1) is 30.9. The van der Waals surface area contributed by atoms with Gasteiger partial charge in [0.25, 0.3) is 0 Å². The van der Waals surface area contributed by atoms with Crippen LogP contribution in [0.15, 0.2) is 45.6 Å². The Morgan fingerprint density at radius 1 is 0.721 bits per heavy atom. The van der Waals surface area contributed by atoms with E-state index in [1.807, 2.05) is 0 Å². The highest BCUT2D eigenvalue weighted by atomic mass is 16.7. The molecule has 0 aliphatic carbocycles. The number of aromatic hydroxyl groups is 3. The Morgan fingerprint density at radius 3 is 1.98 bits per heavy atom. The van der Waals surface area contributed by atoms with E-state index in [1.54, 1.807) is 0 Å². The lowest BCUT2D eigenvalue weighted by molar-refractivity contribution is -0.323. The molecule has 2 fully saturated rings. The molecule has 0 radical (unpaired) electrons. The van der Waals surface area contributed by atoms with Gasteiger partial charge in [-0.1, -0.05) is 0 Å². The summed E-state index contributed by atoms with van der Waals surface area (Å²) in [6, 6.07) is 7.77. The fourth-order valence-corrected chi connectivity index (χ4v) is 4.80. The lowest BCUT2D eigenvalue weighted by Crippen LogP contribution is -2.62. The standard InChI is InChI=1S/C27H30O16/c28-7-15-19(32)22(35)24(37)26(42-15)39-8-16-20(33)23(36)25(38)27(43-16)41-14-6-13-17(21(34)18(14)31)11(30)5-12(40-13)9-1-3-10(29)4-2-9/h1-6,15-16,19-20,22-29,31-38H,7-8H2/t15-,16-,19-,20-,22+,23+,24-,25-,26-,27-/m1/s1. The van der Waals surface area contributed by atoms with E-state index in [2.05, 4.69) is 0 Å². The molecule has 10 N–H and O–H groups in total. The van der Waals surface area contributed by atoms with Gasteiger partial charge in [-0.25, -0.2) is 0 Å². The lowest BCUT2D eigenvalue weighted by atomic mass is 9.98. The van der Waals surface area contributed by atoms with Gasteiger partial charge >= 0.3 is 0 Å². The molecular weight excluding hydrogens is 580 g/mol. The smallest absolute Gasteiger partial charge is 0.229 e. The fraction of sp³-hybridized carbons (Fsp3) is 0.444. The summed E-state index contributed by atoms with van der Waals surface area (Å²) in [6.07, 6.45) is -16.9. The van der Waals surface area contributed by atoms with Crippen LogP contribution in [-0.2, 0) is 14.2 Å². The zero-order chi connectivity index (χ0) is 31.2. The van der Waals surface area contributed by atoms with Crippen LogP contribution in [0, 0.1) is 0 Å². The maximum absolute atomic E-state index is 12.8. The molecule has 3 aromatic rings. The Kier molecular flexibility index (Phi) is 8.77. The number of phenolic OH excluding ortho intramolecular Hbond substituents is 3. The van der Waals surface area contributed by atoms with Gasteiger partial charge in [0.1, 0.15) is 71.3 Å². The highest BCUT2D eigenvalue weighted by Crippen LogP contribution is 2.42. The zero-order valence-corrected chi connectivity index (χ0v) is 22.1. The third-order valence-electron chi connectivity index (χ3n) is 7.27. The summed E-state index contributed by atoms with van der Waals surface area (Å²) in [5.41, 5.74) is -0.562. The second kappa shape index (κ2) is 12.2. The second-order valence-corrected chi connectivity index (χ2v) is 10.1. The van der Waals surface area contributed by atoms with Crippen molar-refractivity contribution in [2.75, 3.05) is 13.2 Å². The molecule has 2 aliphatic rings. The van der Waals surface area contributed by atoms with E-state index < -0.39 is 103 Å². The van der Waals surface area contributed by atoms with Crippen molar-refractivity contribution in [1.82, 2.24) is 0 Å². The first-order valence-electron chi connectivity index (χ1n) is 13.0. The summed E-state index contributed by atoms with van der Waals surface area (Å²) in [4.78, 5) is 12.8. The van der Waals surface area contributed by atoms with Gasteiger partial charge in [-0.3, -0.25) is 4.79 Å². The number of fused-ring (bicyclic) bond motifs is 1. The third-order valence-corrected chi connectivity index (χ3v) is 7.27. The van der Waals surface area contributed by atoms with E-state index in [-0.39, 0.29) is 17.1 Å². The first-order chi connectivity index (χ1) is 20.4. The number of aliphatic hydroxyl groups excluding tert-OH is 7. The minimum Gasteiger partial charge on any atom is -0.508 e. The van der Waals surface area contributed by atoms with Crippen LogP contribution in [0.1, 0.15) is 0 Å². The molecule has 0 saturated carbocycles. The number of aliphatic hydroxyl groups is 7. The van der Waals surface area contributed by atoms with Crippen molar-refractivity contribution < 1.29 is 74.4 Å². The van der Waals surface area contributed by atoms with Crippen LogP contribution in [0.25, 0.3) is 22.3 Å². The van der Waals surface area contributed by atoms with Crippen LogP contribution >= 0.6 is 0 Å². The molecule has 43 heavy (non-hydrogen) atoms. The van der Waals surface area contributed by atoms with Crippen molar-refractivity contribution >= 4 is 11.0 Å². The molecule has 16 heteroatoms. The van der Waals surface area contributed by atoms with Gasteiger partial charge in [0.15, 0.2) is 23.2 Å². The van der Waals surface area contributed by atoms with Gasteiger partial charge < -0.3 is 74.4 Å². The molecule has 3 heterocycles. The Bertz CT molecular complexity index is 1490. The van der Waals surface area contributed by atoms with E-state index in [1.165, 1.54) is 24.3 Å². The number of rotatable bonds is 7. The van der Waals surface area contributed by atoms with E-state index in [0.29, 0.717) is 5.56 Å². The SMILES string of the molecule is O=c1cc(-c2ccc(O)cc2)oc2cc(O[C@@H]3O[C@H](CO[C@@H]4O[C@H](CO)[C@@H](O)[C@H](O)[C@H]4O)[C@@H](O)[C@H](O)[C@H]3O)c(O)c(O)c12. The molecule has 10 atom stereocenters. The van der Waals surface area contributed by atoms with Gasteiger partial charge in [-0.2, -0.15) is 0 Å². The largest absolute Gasteiger partial charge is 0.508 e. The van der Waals surface area contributed by atoms with Crippen LogP contribution in [0.3, 0.4) is 0 Å². The highest BCUT2D eigenvalue weighted by molar-refractivity contribution is 5.89. The summed E-state index contributed by atoms with van der Waals surface area (Å²) in [6.45, 7) is -1.35. The van der Waals surface area contributed by atoms with Gasteiger partial charge in [0.05, 0.1) is 13.2 Å². The molecule has 2 aliphatic heterocycles. The minimum atomic E-state index is -1.91. The number of ether oxygens (including phenoxy) is 4. The summed E-state index contributed by atoms with van der Waals surface area (Å²) >= 11 is 0. The van der Waals surface area contributed by atoms with Gasteiger partial charge in [0, 0.05) is 17.7 Å². The lowest BCUT2D eigenvalue weighted by Gasteiger charge is -2.42. The average Bonchev–Trinajstić information content (AvgIpc) is 2.99. The quantitative estimate of drug-likeness (QED) is 0.125. The third kappa shape index (κ3) is 5.85. The van der Waals surface area contributed by atoms with Gasteiger partial charge in [-0.05, 0) is 24.3 Å². The topological polar surface area (TPSA) is 269 Å². The van der Waals surface area contributed by atoms with Crippen molar-refractivity contribution in [3.05, 3.63) is 46.6 Å². The predicted molar refractivity (Wildman–Crippen MR) is 140 cm³/mol. The zero-order valence-electron chi connectivity index (χ0n) is 22.1. The number of hydrogen-bond acceptors (Lipinski definition) is 16. The molecule has 0 bridgehead atoms. The Balaban J connectivity index is 1.38. The Labute approximate surface area is 241 Å². The molecule has 16 nitrogen and oxygen atoms in total. The van der Waals surface area contributed by atoms with Crippen LogP contribution in [0.2, 0.25) is 0 Å². The molecule has 0 spiro atoms. The maximum Gasteiger partial charge on any atom is 0.229 e. The second-order valence-electron chi connectivity index (χ2n) is 10.1. The fourth-order valence-electron chi connectivity index (χ4n) is 4.80. The highest BCUT2D eigenvalue weighted by Gasteiger charge is 2.48. The molecule has 0 unspecified atom stereocenters. The minimum absolute atomic E-state index is 0.0274. The van der Waals surface area contributed by atoms with Crippen molar-refractivity contribution in [3.8, 4) is 34.3 Å². The molecule has 2 saturated heterocycles. The first-order valence-corrected chi connectivity index (χ1v) is 13.0. The van der Waals surface area contributed by atoms with Crippen molar-refractivity contribution in [2.45, 2.75) is 61.4 Å². The molecule has 5 rings (SSSR count). The summed E-state index contributed by atoms with van der Waals surface area (Å²) in [5.74, 6) is -2.36. The van der Waals surface area contributed by atoms with Gasteiger partial charge in [-0.15, -0.1) is 0 Å². The molecule has 2 aromatic carbocycles. The van der Waals surface area contributed by atoms with Crippen LogP contribution < -0.4 is 10.2 Å². The van der Waals surface area contributed by atoms with E-state index >= 15 is 0 Å². The predicted octanol–water partition coefficient (Wildman–Crippen LogP) is -2.42. The molecule has 1 aromatic heterocycles. The Hall–Kier alpha value is -3.55. The van der Waals surface area contributed by atoms with Crippen LogP contribution in [0.4, 0.5) is 0 Å². The maximum atomic E-state index is 12.8. The van der Waals surface area contributed by atoms with E-state index in [0.717, 1.165) is 12.1 Å². The average molecular weight is 611 g/mol. The molecule has 234 valence electrons. The number of benzene rings is 2. The van der Waals surface area contributed by atoms with Crippen molar-refractivity contribution in [1.29, 1.82) is 0 Å². The van der Waals surface area contributed by atoms with E-state index in [9.17, 15) is 55.9 Å². The molecular formula is C27H30O16. The van der Waals surface area contributed by atoms with Crippen molar-refractivity contribution in [2.24, 2.45) is 0 Å². The summed E-state index contributed by atoms with van der Waals surface area (Å²) in [5, 5.41) is 101. The van der Waals surface area contributed by atoms with Crippen LogP contribution in [0.5, 0.6) is 23.0 Å². The number of hydrogen-bond donors (Lipinski definition) is 10.